The van der Waals surface area contributed by atoms with Crippen LogP contribution in [0.2, 0.25) is 0 Å². The molecule has 0 aliphatic carbocycles. The first-order chi connectivity index (χ1) is 17.6. The first kappa shape index (κ1) is 25.4. The minimum atomic E-state index is -0.871. The molecule has 0 spiro atoms. The molecule has 0 aromatic carbocycles. The highest BCUT2D eigenvalue weighted by Gasteiger charge is 2.47. The SMILES string of the molecule is Cc1nn(-c2ncccn2)c(C)c1CC1Sc2c(c(=O)n(C)c(=O)n2C(C)C)C1C(=O)N1C[C@H](O)CO1. The number of thioether (sulfide) groups is 1. The van der Waals surface area contributed by atoms with Crippen LogP contribution in [0.25, 0.3) is 5.95 Å². The van der Waals surface area contributed by atoms with E-state index in [1.165, 1.54) is 18.8 Å². The van der Waals surface area contributed by atoms with Crippen molar-refractivity contribution >= 4 is 17.7 Å². The molecule has 1 fully saturated rings. The predicted octanol–water partition coefficient (Wildman–Crippen LogP) is 0.656. The number of carbonyl (C=O) groups excluding carboxylic acids is 1. The molecule has 3 aromatic rings. The molecule has 37 heavy (non-hydrogen) atoms. The molecule has 0 bridgehead atoms. The maximum atomic E-state index is 13.8. The minimum Gasteiger partial charge on any atom is -0.389 e. The van der Waals surface area contributed by atoms with Crippen molar-refractivity contribution in [2.45, 2.75) is 62.5 Å². The Labute approximate surface area is 216 Å². The lowest BCUT2D eigenvalue weighted by atomic mass is 9.92. The van der Waals surface area contributed by atoms with Gasteiger partial charge in [-0.15, -0.1) is 11.8 Å². The van der Waals surface area contributed by atoms with E-state index in [-0.39, 0.29) is 24.8 Å². The Morgan fingerprint density at radius 3 is 2.57 bits per heavy atom. The highest BCUT2D eigenvalue weighted by Crippen LogP contribution is 2.47. The van der Waals surface area contributed by atoms with E-state index in [2.05, 4.69) is 15.1 Å². The number of hydroxylamine groups is 2. The first-order valence-electron chi connectivity index (χ1n) is 12.1. The van der Waals surface area contributed by atoms with Gasteiger partial charge in [0, 0.05) is 36.4 Å². The molecule has 0 radical (unpaired) electrons. The van der Waals surface area contributed by atoms with Crippen LogP contribution in [0.5, 0.6) is 0 Å². The van der Waals surface area contributed by atoms with E-state index in [1.54, 1.807) is 27.7 Å². The highest BCUT2D eigenvalue weighted by molar-refractivity contribution is 8.00. The van der Waals surface area contributed by atoms with Crippen LogP contribution in [-0.2, 0) is 23.1 Å². The summed E-state index contributed by atoms with van der Waals surface area (Å²) >= 11 is 1.36. The summed E-state index contributed by atoms with van der Waals surface area (Å²) in [5, 5.41) is 15.8. The number of aliphatic hydroxyl groups excluding tert-OH is 1. The Bertz CT molecular complexity index is 1480. The van der Waals surface area contributed by atoms with Gasteiger partial charge in [0.2, 0.25) is 0 Å². The number of nitrogens with zero attached hydrogens (tertiary/aromatic N) is 7. The third-order valence-corrected chi connectivity index (χ3v) is 8.22. The fourth-order valence-corrected chi connectivity index (χ4v) is 6.64. The predicted molar refractivity (Wildman–Crippen MR) is 135 cm³/mol. The molecule has 196 valence electrons. The van der Waals surface area contributed by atoms with Crippen molar-refractivity contribution in [2.24, 2.45) is 7.05 Å². The van der Waals surface area contributed by atoms with Crippen LogP contribution in [0.15, 0.2) is 33.1 Å². The maximum absolute atomic E-state index is 13.8. The summed E-state index contributed by atoms with van der Waals surface area (Å²) < 4.78 is 4.29. The third kappa shape index (κ3) is 4.20. The van der Waals surface area contributed by atoms with Crippen molar-refractivity contribution in [3.05, 3.63) is 61.8 Å². The van der Waals surface area contributed by atoms with Crippen LogP contribution >= 0.6 is 11.8 Å². The summed E-state index contributed by atoms with van der Waals surface area (Å²) in [6.07, 6.45) is 2.90. The topological polar surface area (TPSA) is 137 Å². The van der Waals surface area contributed by atoms with Gasteiger partial charge in [-0.05, 0) is 45.7 Å². The largest absolute Gasteiger partial charge is 0.389 e. The van der Waals surface area contributed by atoms with Crippen LogP contribution < -0.4 is 11.2 Å². The molecule has 0 saturated carbocycles. The second-order valence-electron chi connectivity index (χ2n) is 9.63. The van der Waals surface area contributed by atoms with E-state index in [0.717, 1.165) is 26.6 Å². The van der Waals surface area contributed by atoms with Crippen LogP contribution in [0.4, 0.5) is 0 Å². The number of β-amino-alcohol motifs (C(OH)–C–C–N with tert-alkyl or cyclic N) is 1. The van der Waals surface area contributed by atoms with Crippen LogP contribution in [0, 0.1) is 13.8 Å². The summed E-state index contributed by atoms with van der Waals surface area (Å²) in [5.41, 5.74) is 1.87. The maximum Gasteiger partial charge on any atom is 0.331 e. The second kappa shape index (κ2) is 9.54. The number of aromatic nitrogens is 6. The van der Waals surface area contributed by atoms with Gasteiger partial charge in [0.05, 0.1) is 34.8 Å². The molecule has 12 nitrogen and oxygen atoms in total. The van der Waals surface area contributed by atoms with Gasteiger partial charge < -0.3 is 5.11 Å². The Morgan fingerprint density at radius 1 is 1.24 bits per heavy atom. The van der Waals surface area contributed by atoms with Gasteiger partial charge in [-0.2, -0.15) is 5.10 Å². The standard InChI is InChI=1S/C24H29N7O5S/c1-12(2)30-22-19(20(33)28(5)24(30)35)18(21(34)29-10-15(32)11-36-29)17(37-22)9-16-13(3)27-31(14(16)4)23-25-7-6-8-26-23/h6-8,12,15,17-18,32H,9-11H2,1-5H3/t15-,17?,18?/m0/s1. The van der Waals surface area contributed by atoms with E-state index < -0.39 is 34.4 Å². The second-order valence-corrected chi connectivity index (χ2v) is 10.9. The van der Waals surface area contributed by atoms with Gasteiger partial charge in [-0.25, -0.2) is 24.5 Å². The van der Waals surface area contributed by atoms with Gasteiger partial charge in [0.25, 0.3) is 17.4 Å². The number of hydrogen-bond acceptors (Lipinski definition) is 9. The summed E-state index contributed by atoms with van der Waals surface area (Å²) in [6.45, 7) is 7.57. The van der Waals surface area contributed by atoms with Crippen LogP contribution in [-0.4, -0.2) is 69.5 Å². The molecule has 5 rings (SSSR count). The lowest BCUT2D eigenvalue weighted by Gasteiger charge is -2.23. The van der Waals surface area contributed by atoms with E-state index in [1.807, 2.05) is 27.7 Å². The first-order valence-corrected chi connectivity index (χ1v) is 12.9. The van der Waals surface area contributed by atoms with E-state index in [9.17, 15) is 19.5 Å². The fourth-order valence-electron chi connectivity index (χ4n) is 4.97. The van der Waals surface area contributed by atoms with Gasteiger partial charge >= 0.3 is 5.69 Å². The lowest BCUT2D eigenvalue weighted by Crippen LogP contribution is -2.44. The van der Waals surface area contributed by atoms with E-state index >= 15 is 0 Å². The van der Waals surface area contributed by atoms with Crippen LogP contribution in [0.1, 0.15) is 48.3 Å². The third-order valence-electron chi connectivity index (χ3n) is 6.84. The van der Waals surface area contributed by atoms with Gasteiger partial charge in [0.1, 0.15) is 6.61 Å². The number of aliphatic hydroxyl groups is 1. The molecule has 13 heteroatoms. The summed E-state index contributed by atoms with van der Waals surface area (Å²) in [4.78, 5) is 54.3. The molecule has 2 unspecified atom stereocenters. The van der Waals surface area contributed by atoms with Crippen molar-refractivity contribution in [3.63, 3.8) is 0 Å². The Hall–Kier alpha value is -3.29. The zero-order chi connectivity index (χ0) is 26.6. The number of carbonyl (C=O) groups is 1. The summed E-state index contributed by atoms with van der Waals surface area (Å²) in [7, 11) is 1.43. The molecule has 2 aliphatic rings. The summed E-state index contributed by atoms with van der Waals surface area (Å²) in [5.74, 6) is -0.844. The molecule has 1 N–H and O–H groups in total. The molecular weight excluding hydrogens is 498 g/mol. The lowest BCUT2D eigenvalue weighted by molar-refractivity contribution is -0.170. The number of rotatable bonds is 5. The van der Waals surface area contributed by atoms with E-state index in [0.29, 0.717) is 17.4 Å². The minimum absolute atomic E-state index is 0.00862. The number of hydrogen-bond donors (Lipinski definition) is 1. The highest BCUT2D eigenvalue weighted by atomic mass is 32.2. The van der Waals surface area contributed by atoms with Crippen molar-refractivity contribution in [2.75, 3.05) is 13.2 Å². The number of aryl methyl sites for hydroxylation is 1. The molecule has 2 aliphatic heterocycles. The number of amides is 1. The van der Waals surface area contributed by atoms with E-state index in [4.69, 9.17) is 4.84 Å². The number of fused-ring (bicyclic) bond motifs is 1. The Balaban J connectivity index is 1.62. The van der Waals surface area contributed by atoms with Crippen LogP contribution in [0.3, 0.4) is 0 Å². The van der Waals surface area contributed by atoms with Crippen molar-refractivity contribution < 1.29 is 14.7 Å². The molecule has 3 aromatic heterocycles. The smallest absolute Gasteiger partial charge is 0.331 e. The zero-order valence-corrected chi connectivity index (χ0v) is 22.1. The average molecular weight is 528 g/mol. The van der Waals surface area contributed by atoms with Crippen molar-refractivity contribution in [3.8, 4) is 5.95 Å². The molecule has 1 amide bonds. The zero-order valence-electron chi connectivity index (χ0n) is 21.3. The normalized spacial score (nSPS) is 21.2. The Kier molecular flexibility index (Phi) is 6.54. The van der Waals surface area contributed by atoms with Crippen molar-refractivity contribution in [1.29, 1.82) is 0 Å². The van der Waals surface area contributed by atoms with Gasteiger partial charge in [-0.3, -0.25) is 23.6 Å². The van der Waals surface area contributed by atoms with Gasteiger partial charge in [0.15, 0.2) is 0 Å². The quantitative estimate of drug-likeness (QED) is 0.474. The molecule has 3 atom stereocenters. The van der Waals surface area contributed by atoms with Gasteiger partial charge in [-0.1, -0.05) is 0 Å². The molecular formula is C24H29N7O5S. The monoisotopic (exact) mass is 527 g/mol. The average Bonchev–Trinajstić information content (AvgIpc) is 3.54. The molecule has 1 saturated heterocycles. The fraction of sp³-hybridized carbons (Fsp3) is 0.500. The molecule has 5 heterocycles. The Morgan fingerprint density at radius 2 is 1.95 bits per heavy atom. The summed E-state index contributed by atoms with van der Waals surface area (Å²) in [6, 6.07) is 1.51. The van der Waals surface area contributed by atoms with Crippen molar-refractivity contribution in [1.82, 2.24) is 33.9 Å².